The standard InChI is InChI=1S/C3H9FN2O2S.ClH/c1-6(3-2-5)9(4,7)8;/h2-3,5H2,1H3;1H. The largest absolute Gasteiger partial charge is 0.374 e. The Morgan fingerprint density at radius 1 is 1.60 bits per heavy atom. The normalized spacial score (nSPS) is 11.2. The fourth-order valence-corrected chi connectivity index (χ4v) is 0.614. The Bertz CT molecular complexity index is 171. The molecule has 0 unspecified atom stereocenters. The number of nitrogens with zero attached hydrogens (tertiary/aromatic N) is 1. The van der Waals surface area contributed by atoms with Crippen molar-refractivity contribution in [2.45, 2.75) is 0 Å². The predicted octanol–water partition coefficient (Wildman–Crippen LogP) is -0.487. The summed E-state index contributed by atoms with van der Waals surface area (Å²) in [6, 6.07) is 0. The smallest absolute Gasteiger partial charge is 0.329 e. The predicted molar refractivity (Wildman–Crippen MR) is 39.0 cm³/mol. The van der Waals surface area contributed by atoms with E-state index in [9.17, 15) is 12.3 Å². The van der Waals surface area contributed by atoms with Crippen molar-refractivity contribution in [3.05, 3.63) is 0 Å². The molecule has 0 aliphatic carbocycles. The Morgan fingerprint density at radius 3 is 2.10 bits per heavy atom. The second-order valence-electron chi connectivity index (χ2n) is 1.55. The van der Waals surface area contributed by atoms with Gasteiger partial charge in [0, 0.05) is 20.1 Å². The number of hydrogen-bond donors (Lipinski definition) is 1. The second kappa shape index (κ2) is 4.84. The molecule has 64 valence electrons. The summed E-state index contributed by atoms with van der Waals surface area (Å²) in [5, 5.41) is 0. The first-order chi connectivity index (χ1) is 3.98. The minimum Gasteiger partial charge on any atom is -0.329 e. The molecule has 0 rings (SSSR count). The van der Waals surface area contributed by atoms with Gasteiger partial charge in [0.25, 0.3) is 0 Å². The van der Waals surface area contributed by atoms with Crippen molar-refractivity contribution in [2.24, 2.45) is 5.73 Å². The van der Waals surface area contributed by atoms with Crippen molar-refractivity contribution in [2.75, 3.05) is 20.1 Å². The van der Waals surface area contributed by atoms with Gasteiger partial charge in [0.2, 0.25) is 0 Å². The van der Waals surface area contributed by atoms with E-state index in [2.05, 4.69) is 0 Å². The molecule has 0 aromatic carbocycles. The highest BCUT2D eigenvalue weighted by Gasteiger charge is 2.13. The molecular weight excluding hydrogens is 183 g/mol. The Morgan fingerprint density at radius 2 is 2.00 bits per heavy atom. The third kappa shape index (κ3) is 4.92. The van der Waals surface area contributed by atoms with Crippen LogP contribution in [0.3, 0.4) is 0 Å². The number of nitrogens with two attached hydrogens (primary N) is 1. The maximum atomic E-state index is 11.8. The Labute approximate surface area is 65.9 Å². The molecule has 0 bridgehead atoms. The first-order valence-electron chi connectivity index (χ1n) is 2.34. The molecule has 0 radical (unpaired) electrons. The Balaban J connectivity index is 0. The lowest BCUT2D eigenvalue weighted by Crippen LogP contribution is -2.28. The van der Waals surface area contributed by atoms with E-state index < -0.39 is 10.4 Å². The third-order valence-electron chi connectivity index (χ3n) is 0.816. The average Bonchev–Trinajstić information content (AvgIpc) is 1.64. The topological polar surface area (TPSA) is 63.4 Å². The lowest BCUT2D eigenvalue weighted by molar-refractivity contribution is 0.438. The van der Waals surface area contributed by atoms with Crippen molar-refractivity contribution < 1.29 is 12.3 Å². The van der Waals surface area contributed by atoms with Gasteiger partial charge in [-0.3, -0.25) is 0 Å². The van der Waals surface area contributed by atoms with Gasteiger partial charge < -0.3 is 5.73 Å². The van der Waals surface area contributed by atoms with Crippen LogP contribution in [-0.4, -0.2) is 32.9 Å². The molecule has 0 spiro atoms. The maximum absolute atomic E-state index is 11.8. The van der Waals surface area contributed by atoms with Crippen LogP contribution in [0.15, 0.2) is 0 Å². The lowest BCUT2D eigenvalue weighted by atomic mass is 10.7. The van der Waals surface area contributed by atoms with Crippen LogP contribution < -0.4 is 5.73 Å². The summed E-state index contributed by atoms with van der Waals surface area (Å²) in [5.74, 6) is 0. The summed E-state index contributed by atoms with van der Waals surface area (Å²) in [7, 11) is -3.38. The van der Waals surface area contributed by atoms with Gasteiger partial charge in [-0.05, 0) is 0 Å². The van der Waals surface area contributed by atoms with E-state index >= 15 is 0 Å². The fourth-order valence-electron chi connectivity index (χ4n) is 0.291. The average molecular weight is 193 g/mol. The highest BCUT2D eigenvalue weighted by Crippen LogP contribution is 1.95. The minimum atomic E-state index is -4.51. The monoisotopic (exact) mass is 192 g/mol. The zero-order valence-corrected chi connectivity index (χ0v) is 7.08. The summed E-state index contributed by atoms with van der Waals surface area (Å²) in [5.41, 5.74) is 4.95. The number of halogens is 2. The highest BCUT2D eigenvalue weighted by molar-refractivity contribution is 7.83. The van der Waals surface area contributed by atoms with Gasteiger partial charge in [-0.2, -0.15) is 12.7 Å². The van der Waals surface area contributed by atoms with Gasteiger partial charge in [-0.1, -0.05) is 3.89 Å². The molecule has 4 nitrogen and oxygen atoms in total. The summed E-state index contributed by atoms with van der Waals surface area (Å²) >= 11 is 0. The number of hydrogen-bond acceptors (Lipinski definition) is 3. The van der Waals surface area contributed by atoms with Crippen molar-refractivity contribution in [1.82, 2.24) is 4.31 Å². The van der Waals surface area contributed by atoms with Crippen molar-refractivity contribution >= 4 is 22.8 Å². The Hall–Kier alpha value is 0.0900. The summed E-state index contributed by atoms with van der Waals surface area (Å²) in [6.45, 7) is 0.137. The third-order valence-corrected chi connectivity index (χ3v) is 1.74. The van der Waals surface area contributed by atoms with Crippen LogP contribution >= 0.6 is 12.4 Å². The van der Waals surface area contributed by atoms with Crippen molar-refractivity contribution in [3.63, 3.8) is 0 Å². The second-order valence-corrected chi connectivity index (χ2v) is 3.00. The molecule has 10 heavy (non-hydrogen) atoms. The summed E-state index contributed by atoms with van der Waals surface area (Å²) < 4.78 is 32.2. The van der Waals surface area contributed by atoms with Crippen molar-refractivity contribution in [3.8, 4) is 0 Å². The van der Waals surface area contributed by atoms with E-state index in [1.54, 1.807) is 0 Å². The maximum Gasteiger partial charge on any atom is 0.374 e. The number of rotatable bonds is 3. The molecule has 0 aromatic heterocycles. The van der Waals surface area contributed by atoms with Gasteiger partial charge in [0.1, 0.15) is 0 Å². The number of likely N-dealkylation sites (N-methyl/N-ethyl adjacent to an activating group) is 1. The molecule has 0 atom stereocenters. The van der Waals surface area contributed by atoms with Gasteiger partial charge in [0.15, 0.2) is 0 Å². The van der Waals surface area contributed by atoms with E-state index in [0.29, 0.717) is 4.31 Å². The molecule has 0 fully saturated rings. The summed E-state index contributed by atoms with van der Waals surface area (Å²) in [6.07, 6.45) is 0. The Kier molecular flexibility index (Phi) is 6.16. The first kappa shape index (κ1) is 12.7. The van der Waals surface area contributed by atoms with Gasteiger partial charge in [0.05, 0.1) is 0 Å². The first-order valence-corrected chi connectivity index (χ1v) is 3.68. The molecule has 0 saturated heterocycles. The quantitative estimate of drug-likeness (QED) is 0.614. The van der Waals surface area contributed by atoms with E-state index in [-0.39, 0.29) is 25.5 Å². The molecule has 0 heterocycles. The molecule has 0 amide bonds. The molecule has 0 saturated carbocycles. The van der Waals surface area contributed by atoms with E-state index in [1.807, 2.05) is 0 Å². The highest BCUT2D eigenvalue weighted by atomic mass is 35.5. The molecule has 0 aliphatic heterocycles. The van der Waals surface area contributed by atoms with Crippen LogP contribution in [-0.2, 0) is 10.4 Å². The van der Waals surface area contributed by atoms with Crippen LogP contribution in [0, 0.1) is 0 Å². The SMILES string of the molecule is CN(CCN)S(=O)(=O)F.Cl. The minimum absolute atomic E-state index is 0. The van der Waals surface area contributed by atoms with Crippen molar-refractivity contribution in [1.29, 1.82) is 0 Å². The van der Waals surface area contributed by atoms with E-state index in [0.717, 1.165) is 7.05 Å². The molecule has 2 N–H and O–H groups in total. The van der Waals surface area contributed by atoms with Crippen LogP contribution in [0.1, 0.15) is 0 Å². The zero-order chi connectivity index (χ0) is 7.49. The zero-order valence-electron chi connectivity index (χ0n) is 5.45. The van der Waals surface area contributed by atoms with E-state index in [4.69, 9.17) is 5.73 Å². The van der Waals surface area contributed by atoms with Crippen LogP contribution in [0.25, 0.3) is 0 Å². The van der Waals surface area contributed by atoms with Gasteiger partial charge in [-0.15, -0.1) is 12.4 Å². The van der Waals surface area contributed by atoms with Gasteiger partial charge >= 0.3 is 10.4 Å². The molecule has 0 aromatic rings. The molecular formula is C3H10ClFN2O2S. The summed E-state index contributed by atoms with van der Waals surface area (Å²) in [4.78, 5) is 0. The molecule has 7 heteroatoms. The van der Waals surface area contributed by atoms with Gasteiger partial charge in [-0.25, -0.2) is 0 Å². The molecule has 0 aliphatic rings. The lowest BCUT2D eigenvalue weighted by Gasteiger charge is -2.07. The van der Waals surface area contributed by atoms with Crippen LogP contribution in [0.4, 0.5) is 3.89 Å². The van der Waals surface area contributed by atoms with Crippen LogP contribution in [0.5, 0.6) is 0 Å². The fraction of sp³-hybridized carbons (Fsp3) is 1.00. The van der Waals surface area contributed by atoms with Crippen LogP contribution in [0.2, 0.25) is 0 Å². The van der Waals surface area contributed by atoms with E-state index in [1.165, 1.54) is 0 Å².